The standard InChI is InChI=1S/C9H15FO2/c1-4-5-8(6(2)10)9(12)7(3)11/h4-5,7,9,11-12H,1-3H3/b5-4-,8-6-/t7-,9+/m1/s1. The smallest absolute Gasteiger partial charge is 0.107 e. The number of hydrogen-bond acceptors (Lipinski definition) is 2. The summed E-state index contributed by atoms with van der Waals surface area (Å²) in [5.74, 6) is -0.471. The second-order valence-electron chi connectivity index (χ2n) is 2.67. The van der Waals surface area contributed by atoms with Crippen LogP contribution in [0.25, 0.3) is 0 Å². The maximum absolute atomic E-state index is 12.7. The summed E-state index contributed by atoms with van der Waals surface area (Å²) in [6.07, 6.45) is 0.963. The van der Waals surface area contributed by atoms with Crippen molar-refractivity contribution in [2.75, 3.05) is 0 Å². The van der Waals surface area contributed by atoms with Gasteiger partial charge in [0.2, 0.25) is 0 Å². The predicted octanol–water partition coefficient (Wildman–Crippen LogP) is 1.55. The van der Waals surface area contributed by atoms with Crippen LogP contribution in [0.5, 0.6) is 0 Å². The highest BCUT2D eigenvalue weighted by Gasteiger charge is 2.16. The highest BCUT2D eigenvalue weighted by atomic mass is 19.1. The molecule has 0 bridgehead atoms. The molecule has 0 radical (unpaired) electrons. The average molecular weight is 174 g/mol. The molecule has 70 valence electrons. The van der Waals surface area contributed by atoms with Gasteiger partial charge in [0, 0.05) is 5.57 Å². The average Bonchev–Trinajstić information content (AvgIpc) is 1.98. The minimum absolute atomic E-state index is 0.132. The molecular weight excluding hydrogens is 159 g/mol. The van der Waals surface area contributed by atoms with Gasteiger partial charge in [-0.15, -0.1) is 0 Å². The zero-order chi connectivity index (χ0) is 9.72. The molecule has 0 rings (SSSR count). The summed E-state index contributed by atoms with van der Waals surface area (Å²) in [6.45, 7) is 4.38. The third kappa shape index (κ3) is 3.15. The van der Waals surface area contributed by atoms with Gasteiger partial charge in [0.1, 0.15) is 11.9 Å². The lowest BCUT2D eigenvalue weighted by Gasteiger charge is -2.14. The van der Waals surface area contributed by atoms with E-state index in [0.717, 1.165) is 0 Å². The van der Waals surface area contributed by atoms with Crippen LogP contribution in [0, 0.1) is 0 Å². The number of aliphatic hydroxyl groups is 2. The van der Waals surface area contributed by atoms with Gasteiger partial charge in [0.25, 0.3) is 0 Å². The Bertz CT molecular complexity index is 191. The summed E-state index contributed by atoms with van der Waals surface area (Å²) < 4.78 is 12.7. The van der Waals surface area contributed by atoms with Crippen LogP contribution in [0.3, 0.4) is 0 Å². The van der Waals surface area contributed by atoms with Gasteiger partial charge in [-0.05, 0) is 20.8 Å². The van der Waals surface area contributed by atoms with E-state index in [-0.39, 0.29) is 5.57 Å². The molecule has 0 aliphatic heterocycles. The van der Waals surface area contributed by atoms with Crippen LogP contribution >= 0.6 is 0 Å². The molecule has 2 atom stereocenters. The van der Waals surface area contributed by atoms with Gasteiger partial charge in [0.15, 0.2) is 0 Å². The van der Waals surface area contributed by atoms with Crippen LogP contribution in [-0.2, 0) is 0 Å². The van der Waals surface area contributed by atoms with E-state index in [4.69, 9.17) is 5.11 Å². The number of aliphatic hydroxyl groups excluding tert-OH is 2. The number of hydrogen-bond donors (Lipinski definition) is 2. The van der Waals surface area contributed by atoms with Crippen molar-refractivity contribution in [3.8, 4) is 0 Å². The van der Waals surface area contributed by atoms with Gasteiger partial charge in [-0.25, -0.2) is 4.39 Å². The van der Waals surface area contributed by atoms with Crippen LogP contribution < -0.4 is 0 Å². The van der Waals surface area contributed by atoms with Crippen molar-refractivity contribution in [3.05, 3.63) is 23.6 Å². The predicted molar refractivity (Wildman–Crippen MR) is 46.3 cm³/mol. The highest BCUT2D eigenvalue weighted by molar-refractivity contribution is 5.25. The van der Waals surface area contributed by atoms with Crippen molar-refractivity contribution < 1.29 is 14.6 Å². The number of halogens is 1. The zero-order valence-corrected chi connectivity index (χ0v) is 7.58. The molecule has 12 heavy (non-hydrogen) atoms. The lowest BCUT2D eigenvalue weighted by Crippen LogP contribution is -2.24. The van der Waals surface area contributed by atoms with Gasteiger partial charge in [-0.2, -0.15) is 0 Å². The first-order chi connectivity index (χ1) is 5.50. The SMILES string of the molecule is C/C=C\C(=C(/C)F)[C@@H](O)[C@@H](C)O. The fourth-order valence-corrected chi connectivity index (χ4v) is 0.857. The van der Waals surface area contributed by atoms with Gasteiger partial charge in [-0.3, -0.25) is 0 Å². The lowest BCUT2D eigenvalue weighted by atomic mass is 10.0. The van der Waals surface area contributed by atoms with E-state index >= 15 is 0 Å². The molecule has 0 saturated carbocycles. The lowest BCUT2D eigenvalue weighted by molar-refractivity contribution is 0.0552. The van der Waals surface area contributed by atoms with Crippen molar-refractivity contribution in [2.45, 2.75) is 33.0 Å². The quantitative estimate of drug-likeness (QED) is 0.637. The van der Waals surface area contributed by atoms with Crippen LogP contribution in [0.4, 0.5) is 4.39 Å². The van der Waals surface area contributed by atoms with Crippen molar-refractivity contribution in [3.63, 3.8) is 0 Å². The van der Waals surface area contributed by atoms with E-state index in [1.54, 1.807) is 13.0 Å². The van der Waals surface area contributed by atoms with Crippen LogP contribution in [-0.4, -0.2) is 22.4 Å². The molecule has 0 fully saturated rings. The number of rotatable bonds is 3. The molecule has 2 nitrogen and oxygen atoms in total. The monoisotopic (exact) mass is 174 g/mol. The molecule has 0 spiro atoms. The van der Waals surface area contributed by atoms with E-state index in [0.29, 0.717) is 0 Å². The summed E-state index contributed by atoms with van der Waals surface area (Å²) in [5, 5.41) is 18.3. The fourth-order valence-electron chi connectivity index (χ4n) is 0.857. The summed E-state index contributed by atoms with van der Waals surface area (Å²) >= 11 is 0. The third-order valence-corrected chi connectivity index (χ3v) is 1.52. The molecule has 0 saturated heterocycles. The van der Waals surface area contributed by atoms with E-state index in [1.807, 2.05) is 0 Å². The Labute approximate surface area is 72.0 Å². The van der Waals surface area contributed by atoms with Crippen molar-refractivity contribution in [2.24, 2.45) is 0 Å². The van der Waals surface area contributed by atoms with Crippen molar-refractivity contribution in [1.29, 1.82) is 0 Å². The van der Waals surface area contributed by atoms with E-state index in [1.165, 1.54) is 19.9 Å². The van der Waals surface area contributed by atoms with Gasteiger partial charge >= 0.3 is 0 Å². The molecule has 0 aromatic rings. The third-order valence-electron chi connectivity index (χ3n) is 1.52. The fraction of sp³-hybridized carbons (Fsp3) is 0.556. The van der Waals surface area contributed by atoms with Gasteiger partial charge < -0.3 is 10.2 Å². The number of allylic oxidation sites excluding steroid dienone is 2. The van der Waals surface area contributed by atoms with Crippen LogP contribution in [0.15, 0.2) is 23.6 Å². The summed E-state index contributed by atoms with van der Waals surface area (Å²) in [6, 6.07) is 0. The van der Waals surface area contributed by atoms with Crippen LogP contribution in [0.1, 0.15) is 20.8 Å². The second-order valence-corrected chi connectivity index (χ2v) is 2.67. The molecule has 2 N–H and O–H groups in total. The largest absolute Gasteiger partial charge is 0.390 e. The van der Waals surface area contributed by atoms with Crippen LogP contribution in [0.2, 0.25) is 0 Å². The topological polar surface area (TPSA) is 40.5 Å². The minimum Gasteiger partial charge on any atom is -0.390 e. The zero-order valence-electron chi connectivity index (χ0n) is 7.58. The molecular formula is C9H15FO2. The van der Waals surface area contributed by atoms with Crippen molar-refractivity contribution >= 4 is 0 Å². The Morgan fingerprint density at radius 1 is 1.42 bits per heavy atom. The molecule has 3 heteroatoms. The Balaban J connectivity index is 4.65. The second kappa shape index (κ2) is 5.06. The minimum atomic E-state index is -1.15. The van der Waals surface area contributed by atoms with E-state index in [2.05, 4.69) is 0 Å². The Hall–Kier alpha value is -0.670. The summed E-state index contributed by atoms with van der Waals surface area (Å²) in [5.41, 5.74) is 0.132. The maximum Gasteiger partial charge on any atom is 0.107 e. The Morgan fingerprint density at radius 2 is 1.92 bits per heavy atom. The van der Waals surface area contributed by atoms with Gasteiger partial charge in [-0.1, -0.05) is 12.2 Å². The molecule has 0 amide bonds. The van der Waals surface area contributed by atoms with Gasteiger partial charge in [0.05, 0.1) is 6.10 Å². The first-order valence-electron chi connectivity index (χ1n) is 3.85. The molecule has 0 unspecified atom stereocenters. The first kappa shape index (κ1) is 11.3. The maximum atomic E-state index is 12.7. The molecule has 0 aliphatic rings. The van der Waals surface area contributed by atoms with E-state index < -0.39 is 18.0 Å². The molecule has 0 aromatic heterocycles. The normalized spacial score (nSPS) is 19.2. The molecule has 0 aliphatic carbocycles. The first-order valence-corrected chi connectivity index (χ1v) is 3.85. The van der Waals surface area contributed by atoms with Crippen molar-refractivity contribution in [1.82, 2.24) is 0 Å². The summed E-state index contributed by atoms with van der Waals surface area (Å²) in [7, 11) is 0. The highest BCUT2D eigenvalue weighted by Crippen LogP contribution is 2.14. The Morgan fingerprint density at radius 3 is 2.17 bits per heavy atom. The molecule has 0 heterocycles. The van der Waals surface area contributed by atoms with E-state index in [9.17, 15) is 9.50 Å². The molecule has 0 aromatic carbocycles. The Kier molecular flexibility index (Phi) is 4.78. The summed E-state index contributed by atoms with van der Waals surface area (Å²) in [4.78, 5) is 0.